The summed E-state index contributed by atoms with van der Waals surface area (Å²) in [4.78, 5) is 26.8. The lowest BCUT2D eigenvalue weighted by Crippen LogP contribution is -2.43. The van der Waals surface area contributed by atoms with E-state index in [2.05, 4.69) is 24.4 Å². The van der Waals surface area contributed by atoms with Crippen LogP contribution in [0.1, 0.15) is 32.6 Å². The van der Waals surface area contributed by atoms with Gasteiger partial charge in [0.1, 0.15) is 0 Å². The lowest BCUT2D eigenvalue weighted by molar-refractivity contribution is -0.129. The normalized spacial score (nSPS) is 36.2. The number of rotatable bonds is 6. The second kappa shape index (κ2) is 6.95. The lowest BCUT2D eigenvalue weighted by Gasteiger charge is -2.29. The number of hydrogen-bond donors (Lipinski definition) is 1. The highest BCUT2D eigenvalue weighted by Gasteiger charge is 2.63. The predicted octanol–water partition coefficient (Wildman–Crippen LogP) is 1.83. The number of fused-ring (bicyclic) bond motifs is 1. The average molecular weight is 365 g/mol. The largest absolute Gasteiger partial charge is 0.369 e. The molecule has 2 amide bonds. The Hall–Kier alpha value is -1.01. The van der Waals surface area contributed by atoms with E-state index < -0.39 is 0 Å². The van der Waals surface area contributed by atoms with Crippen molar-refractivity contribution >= 4 is 23.6 Å². The molecule has 0 aromatic heterocycles. The van der Waals surface area contributed by atoms with Crippen molar-refractivity contribution in [1.82, 2.24) is 10.2 Å². The minimum Gasteiger partial charge on any atom is -0.369 e. The van der Waals surface area contributed by atoms with Crippen LogP contribution >= 0.6 is 11.8 Å². The SMILES string of the molecule is CCSCC(=O)N1C[C@@H]2[C@H](CNC(=O)C3CC=CC3)[C@H]3CC[C@]2(C1)O3. The van der Waals surface area contributed by atoms with Crippen LogP contribution in [0.2, 0.25) is 0 Å². The van der Waals surface area contributed by atoms with E-state index in [1.54, 1.807) is 11.8 Å². The van der Waals surface area contributed by atoms with Crippen molar-refractivity contribution in [2.45, 2.75) is 44.3 Å². The van der Waals surface area contributed by atoms with Gasteiger partial charge in [0.2, 0.25) is 11.8 Å². The molecule has 3 saturated heterocycles. The number of nitrogens with zero attached hydrogens (tertiary/aromatic N) is 1. The smallest absolute Gasteiger partial charge is 0.232 e. The summed E-state index contributed by atoms with van der Waals surface area (Å²) in [6, 6.07) is 0. The van der Waals surface area contributed by atoms with Crippen molar-refractivity contribution in [3.63, 3.8) is 0 Å². The minimum absolute atomic E-state index is 0.112. The molecule has 4 atom stereocenters. The van der Waals surface area contributed by atoms with E-state index >= 15 is 0 Å². The van der Waals surface area contributed by atoms with Crippen LogP contribution in [0.5, 0.6) is 0 Å². The van der Waals surface area contributed by atoms with Gasteiger partial charge in [-0.1, -0.05) is 19.1 Å². The molecule has 1 aliphatic carbocycles. The van der Waals surface area contributed by atoms with Gasteiger partial charge in [0.25, 0.3) is 0 Å². The Morgan fingerprint density at radius 1 is 1.36 bits per heavy atom. The van der Waals surface area contributed by atoms with E-state index in [0.29, 0.717) is 24.1 Å². The van der Waals surface area contributed by atoms with Crippen molar-refractivity contribution in [2.75, 3.05) is 31.1 Å². The maximum absolute atomic E-state index is 12.4. The van der Waals surface area contributed by atoms with Gasteiger partial charge in [0.05, 0.1) is 24.0 Å². The summed E-state index contributed by atoms with van der Waals surface area (Å²) in [6.45, 7) is 4.32. The monoisotopic (exact) mass is 364 g/mol. The number of hydrogen-bond acceptors (Lipinski definition) is 4. The van der Waals surface area contributed by atoms with Gasteiger partial charge in [-0.3, -0.25) is 9.59 Å². The third kappa shape index (κ3) is 3.12. The summed E-state index contributed by atoms with van der Waals surface area (Å²) >= 11 is 1.68. The van der Waals surface area contributed by atoms with Gasteiger partial charge in [-0.2, -0.15) is 11.8 Å². The zero-order valence-corrected chi connectivity index (χ0v) is 15.7. The number of carbonyl (C=O) groups is 2. The van der Waals surface area contributed by atoms with Gasteiger partial charge >= 0.3 is 0 Å². The second-order valence-corrected chi connectivity index (χ2v) is 9.10. The fourth-order valence-electron chi connectivity index (χ4n) is 5.13. The van der Waals surface area contributed by atoms with Gasteiger partial charge in [0.15, 0.2) is 0 Å². The summed E-state index contributed by atoms with van der Waals surface area (Å²) in [5, 5.41) is 3.17. The van der Waals surface area contributed by atoms with E-state index in [0.717, 1.165) is 44.5 Å². The van der Waals surface area contributed by atoms with E-state index in [9.17, 15) is 9.59 Å². The van der Waals surface area contributed by atoms with Crippen LogP contribution < -0.4 is 5.32 Å². The van der Waals surface area contributed by atoms with Crippen molar-refractivity contribution in [1.29, 1.82) is 0 Å². The van der Waals surface area contributed by atoms with Crippen LogP contribution in [-0.2, 0) is 14.3 Å². The Morgan fingerprint density at radius 3 is 2.92 bits per heavy atom. The lowest BCUT2D eigenvalue weighted by atomic mass is 9.73. The molecule has 0 saturated carbocycles. The van der Waals surface area contributed by atoms with E-state index in [-0.39, 0.29) is 29.4 Å². The molecule has 1 spiro atoms. The first-order valence-electron chi connectivity index (χ1n) is 9.59. The molecule has 3 fully saturated rings. The topological polar surface area (TPSA) is 58.6 Å². The number of likely N-dealkylation sites (tertiary alicyclic amines) is 1. The van der Waals surface area contributed by atoms with Crippen molar-refractivity contribution in [3.8, 4) is 0 Å². The molecule has 0 radical (unpaired) electrons. The van der Waals surface area contributed by atoms with Crippen molar-refractivity contribution in [2.24, 2.45) is 17.8 Å². The highest BCUT2D eigenvalue weighted by atomic mass is 32.2. The maximum atomic E-state index is 12.4. The molecule has 0 aromatic rings. The van der Waals surface area contributed by atoms with E-state index in [1.165, 1.54) is 0 Å². The molecule has 3 aliphatic heterocycles. The van der Waals surface area contributed by atoms with Gasteiger partial charge in [-0.05, 0) is 31.4 Å². The molecule has 25 heavy (non-hydrogen) atoms. The molecule has 0 aromatic carbocycles. The molecular weight excluding hydrogens is 336 g/mol. The van der Waals surface area contributed by atoms with Crippen molar-refractivity contribution in [3.05, 3.63) is 12.2 Å². The standard InChI is InChI=1S/C19H28N2O3S/c1-2-25-11-17(22)21-10-15-14(16-7-8-19(15,12-21)24-16)9-20-18(23)13-5-3-4-6-13/h3-4,13-16H,2,5-12H2,1H3,(H,20,23)/t14-,15+,16+,19+/m0/s1. The Bertz CT molecular complexity index is 573. The van der Waals surface area contributed by atoms with Crippen LogP contribution in [0.15, 0.2) is 12.2 Å². The molecule has 4 aliphatic rings. The first kappa shape index (κ1) is 17.4. The minimum atomic E-state index is -0.137. The second-order valence-electron chi connectivity index (χ2n) is 7.83. The van der Waals surface area contributed by atoms with Crippen LogP contribution in [0, 0.1) is 17.8 Å². The van der Waals surface area contributed by atoms with Crippen LogP contribution in [0.25, 0.3) is 0 Å². The molecule has 4 rings (SSSR count). The maximum Gasteiger partial charge on any atom is 0.232 e. The first-order chi connectivity index (χ1) is 12.1. The predicted molar refractivity (Wildman–Crippen MR) is 98.3 cm³/mol. The zero-order valence-electron chi connectivity index (χ0n) is 14.9. The summed E-state index contributed by atoms with van der Waals surface area (Å²) in [5.74, 6) is 2.79. The molecule has 6 heteroatoms. The molecule has 2 bridgehead atoms. The molecule has 138 valence electrons. The Kier molecular flexibility index (Phi) is 4.84. The van der Waals surface area contributed by atoms with Crippen LogP contribution in [-0.4, -0.2) is 59.6 Å². The first-order valence-corrected chi connectivity index (χ1v) is 10.7. The van der Waals surface area contributed by atoms with Crippen LogP contribution in [0.4, 0.5) is 0 Å². The Morgan fingerprint density at radius 2 is 2.16 bits per heavy atom. The number of carbonyl (C=O) groups excluding carboxylic acids is 2. The van der Waals surface area contributed by atoms with Gasteiger partial charge in [0, 0.05) is 30.8 Å². The molecule has 5 nitrogen and oxygen atoms in total. The number of ether oxygens (including phenoxy) is 1. The molecule has 0 unspecified atom stereocenters. The fraction of sp³-hybridized carbons (Fsp3) is 0.789. The van der Waals surface area contributed by atoms with Gasteiger partial charge in [-0.15, -0.1) is 0 Å². The summed E-state index contributed by atoms with van der Waals surface area (Å²) in [6.07, 6.45) is 8.29. The van der Waals surface area contributed by atoms with Gasteiger partial charge < -0.3 is 15.0 Å². The third-order valence-electron chi connectivity index (χ3n) is 6.46. The number of amides is 2. The highest BCUT2D eigenvalue weighted by molar-refractivity contribution is 7.99. The Balaban J connectivity index is 1.36. The van der Waals surface area contributed by atoms with E-state index in [4.69, 9.17) is 4.74 Å². The molecule has 1 N–H and O–H groups in total. The van der Waals surface area contributed by atoms with Gasteiger partial charge in [-0.25, -0.2) is 0 Å². The zero-order chi connectivity index (χ0) is 17.4. The number of nitrogens with one attached hydrogen (secondary N) is 1. The van der Waals surface area contributed by atoms with Crippen LogP contribution in [0.3, 0.4) is 0 Å². The summed E-state index contributed by atoms with van der Waals surface area (Å²) in [5.41, 5.74) is -0.137. The highest BCUT2D eigenvalue weighted by Crippen LogP contribution is 2.54. The Labute approximate surface area is 153 Å². The average Bonchev–Trinajstić information content (AvgIpc) is 3.37. The molecule has 3 heterocycles. The number of allylic oxidation sites excluding steroid dienone is 2. The van der Waals surface area contributed by atoms with Crippen molar-refractivity contribution < 1.29 is 14.3 Å². The third-order valence-corrected chi connectivity index (χ3v) is 7.32. The summed E-state index contributed by atoms with van der Waals surface area (Å²) in [7, 11) is 0. The van der Waals surface area contributed by atoms with E-state index in [1.807, 2.05) is 4.90 Å². The summed E-state index contributed by atoms with van der Waals surface area (Å²) < 4.78 is 6.37. The quantitative estimate of drug-likeness (QED) is 0.731. The number of thioether (sulfide) groups is 1. The fourth-order valence-corrected chi connectivity index (χ4v) is 5.69. The molecular formula is C19H28N2O3S.